The van der Waals surface area contributed by atoms with Crippen LogP contribution in [0.15, 0.2) is 0 Å². The van der Waals surface area contributed by atoms with E-state index in [0.29, 0.717) is 26.1 Å². The summed E-state index contributed by atoms with van der Waals surface area (Å²) >= 11 is 0. The van der Waals surface area contributed by atoms with Crippen molar-refractivity contribution in [3.05, 3.63) is 0 Å². The summed E-state index contributed by atoms with van der Waals surface area (Å²) in [7, 11) is 0. The standard InChI is InChI=1S/C10H16O5/c1-9(8(12)13)6-10(3-2-7(9)11)14-4-5-15-10/h7,11H,2-6H2,1H3,(H,12,13). The molecule has 0 aromatic carbocycles. The van der Waals surface area contributed by atoms with E-state index in [1.54, 1.807) is 6.92 Å². The lowest BCUT2D eigenvalue weighted by molar-refractivity contribution is -0.225. The summed E-state index contributed by atoms with van der Waals surface area (Å²) in [6.07, 6.45) is 0.365. The van der Waals surface area contributed by atoms with Gasteiger partial charge in [-0.05, 0) is 13.3 Å². The van der Waals surface area contributed by atoms with Crippen LogP contribution >= 0.6 is 0 Å². The quantitative estimate of drug-likeness (QED) is 0.662. The minimum atomic E-state index is -1.16. The van der Waals surface area contributed by atoms with Crippen molar-refractivity contribution < 1.29 is 24.5 Å². The molecule has 1 saturated heterocycles. The predicted octanol–water partition coefficient (Wildman–Crippen LogP) is 0.365. The SMILES string of the molecule is CC1(C(=O)O)CC2(CCC1O)OCCO2. The van der Waals surface area contributed by atoms with Crippen molar-refractivity contribution in [1.82, 2.24) is 0 Å². The van der Waals surface area contributed by atoms with Crippen molar-refractivity contribution in [2.24, 2.45) is 5.41 Å². The highest BCUT2D eigenvalue weighted by Gasteiger charge is 2.54. The van der Waals surface area contributed by atoms with Crippen LogP contribution in [0.2, 0.25) is 0 Å². The molecule has 1 saturated carbocycles. The zero-order valence-electron chi connectivity index (χ0n) is 8.73. The van der Waals surface area contributed by atoms with Crippen LogP contribution in [0.25, 0.3) is 0 Å². The zero-order valence-corrected chi connectivity index (χ0v) is 8.73. The number of rotatable bonds is 1. The van der Waals surface area contributed by atoms with Crippen LogP contribution in [-0.2, 0) is 14.3 Å². The second kappa shape index (κ2) is 3.43. The lowest BCUT2D eigenvalue weighted by atomic mass is 9.70. The summed E-state index contributed by atoms with van der Waals surface area (Å²) in [5.74, 6) is -1.76. The van der Waals surface area contributed by atoms with Gasteiger partial charge in [0.25, 0.3) is 0 Å². The number of aliphatic hydroxyl groups excluding tert-OH is 1. The first-order valence-electron chi connectivity index (χ1n) is 5.18. The molecule has 2 atom stereocenters. The lowest BCUT2D eigenvalue weighted by Crippen LogP contribution is -2.52. The van der Waals surface area contributed by atoms with Crippen LogP contribution in [0.4, 0.5) is 0 Å². The largest absolute Gasteiger partial charge is 0.481 e. The van der Waals surface area contributed by atoms with Gasteiger partial charge in [-0.1, -0.05) is 0 Å². The Morgan fingerprint density at radius 2 is 2.00 bits per heavy atom. The molecule has 86 valence electrons. The summed E-state index contributed by atoms with van der Waals surface area (Å²) in [6.45, 7) is 2.56. The Bertz CT molecular complexity index is 271. The van der Waals surface area contributed by atoms with Crippen molar-refractivity contribution in [3.8, 4) is 0 Å². The molecular formula is C10H16O5. The Kier molecular flexibility index (Phi) is 2.48. The number of carbonyl (C=O) groups is 1. The number of aliphatic carboxylic acids is 1. The van der Waals surface area contributed by atoms with Gasteiger partial charge in [0.05, 0.1) is 24.7 Å². The molecule has 2 N–H and O–H groups in total. The second-order valence-corrected chi connectivity index (χ2v) is 4.56. The topological polar surface area (TPSA) is 76.0 Å². The number of carboxylic acid groups (broad SMARTS) is 1. The fraction of sp³-hybridized carbons (Fsp3) is 0.900. The van der Waals surface area contributed by atoms with Gasteiger partial charge in [-0.2, -0.15) is 0 Å². The number of carboxylic acids is 1. The van der Waals surface area contributed by atoms with Gasteiger partial charge in [0.15, 0.2) is 5.79 Å². The van der Waals surface area contributed by atoms with Gasteiger partial charge in [-0.15, -0.1) is 0 Å². The molecule has 1 aliphatic heterocycles. The first-order chi connectivity index (χ1) is 6.99. The first kappa shape index (κ1) is 10.9. The molecule has 0 aromatic heterocycles. The third kappa shape index (κ3) is 1.64. The third-order valence-electron chi connectivity index (χ3n) is 3.47. The third-order valence-corrected chi connectivity index (χ3v) is 3.47. The minimum absolute atomic E-state index is 0.219. The van der Waals surface area contributed by atoms with E-state index in [4.69, 9.17) is 14.6 Å². The van der Waals surface area contributed by atoms with Crippen molar-refractivity contribution in [2.75, 3.05) is 13.2 Å². The van der Waals surface area contributed by atoms with E-state index in [1.165, 1.54) is 0 Å². The lowest BCUT2D eigenvalue weighted by Gasteiger charge is -2.43. The van der Waals surface area contributed by atoms with E-state index in [0.717, 1.165) is 0 Å². The van der Waals surface area contributed by atoms with Crippen LogP contribution < -0.4 is 0 Å². The highest BCUT2D eigenvalue weighted by molar-refractivity contribution is 5.75. The molecule has 15 heavy (non-hydrogen) atoms. The zero-order chi connectivity index (χ0) is 11.1. The first-order valence-corrected chi connectivity index (χ1v) is 5.18. The molecular weight excluding hydrogens is 200 g/mol. The molecule has 0 aromatic rings. The van der Waals surface area contributed by atoms with E-state index in [2.05, 4.69) is 0 Å². The highest BCUT2D eigenvalue weighted by atomic mass is 16.7. The smallest absolute Gasteiger partial charge is 0.312 e. The fourth-order valence-corrected chi connectivity index (χ4v) is 2.40. The van der Waals surface area contributed by atoms with E-state index in [9.17, 15) is 9.90 Å². The highest BCUT2D eigenvalue weighted by Crippen LogP contribution is 2.45. The molecule has 2 aliphatic rings. The summed E-state index contributed by atoms with van der Waals surface area (Å²) in [6, 6.07) is 0. The van der Waals surface area contributed by atoms with Gasteiger partial charge in [-0.25, -0.2) is 0 Å². The maximum atomic E-state index is 11.2. The van der Waals surface area contributed by atoms with Gasteiger partial charge in [0.2, 0.25) is 0 Å². The normalized spacial score (nSPS) is 39.5. The molecule has 1 aliphatic carbocycles. The fourth-order valence-electron chi connectivity index (χ4n) is 2.40. The van der Waals surface area contributed by atoms with Gasteiger partial charge in [0.1, 0.15) is 0 Å². The number of aliphatic hydroxyl groups is 1. The maximum absolute atomic E-state index is 11.2. The average Bonchev–Trinajstić information content (AvgIpc) is 2.61. The van der Waals surface area contributed by atoms with Crippen molar-refractivity contribution >= 4 is 5.97 Å². The Morgan fingerprint density at radius 3 is 2.53 bits per heavy atom. The average molecular weight is 216 g/mol. The van der Waals surface area contributed by atoms with Gasteiger partial charge < -0.3 is 19.7 Å². The van der Waals surface area contributed by atoms with Gasteiger partial charge in [0, 0.05) is 12.8 Å². The molecule has 0 bridgehead atoms. The second-order valence-electron chi connectivity index (χ2n) is 4.56. The molecule has 5 nitrogen and oxygen atoms in total. The summed E-state index contributed by atoms with van der Waals surface area (Å²) in [4.78, 5) is 11.2. The predicted molar refractivity (Wildman–Crippen MR) is 50.2 cm³/mol. The van der Waals surface area contributed by atoms with Crippen molar-refractivity contribution in [3.63, 3.8) is 0 Å². The van der Waals surface area contributed by atoms with Gasteiger partial charge >= 0.3 is 5.97 Å². The van der Waals surface area contributed by atoms with E-state index >= 15 is 0 Å². The maximum Gasteiger partial charge on any atom is 0.312 e. The Hall–Kier alpha value is -0.650. The molecule has 2 rings (SSSR count). The summed E-state index contributed by atoms with van der Waals surface area (Å²) in [5.41, 5.74) is -1.16. The van der Waals surface area contributed by atoms with E-state index in [1.807, 2.05) is 0 Å². The number of hydrogen-bond acceptors (Lipinski definition) is 4. The van der Waals surface area contributed by atoms with Crippen LogP contribution in [0, 0.1) is 5.41 Å². The molecule has 2 unspecified atom stereocenters. The van der Waals surface area contributed by atoms with Crippen LogP contribution in [-0.4, -0.2) is 41.3 Å². The Morgan fingerprint density at radius 1 is 1.40 bits per heavy atom. The minimum Gasteiger partial charge on any atom is -0.481 e. The molecule has 0 amide bonds. The number of hydrogen-bond donors (Lipinski definition) is 2. The Labute approximate surface area is 88.0 Å². The van der Waals surface area contributed by atoms with Crippen LogP contribution in [0.3, 0.4) is 0 Å². The van der Waals surface area contributed by atoms with Crippen LogP contribution in [0.5, 0.6) is 0 Å². The van der Waals surface area contributed by atoms with Crippen molar-refractivity contribution in [2.45, 2.75) is 38.1 Å². The van der Waals surface area contributed by atoms with E-state index < -0.39 is 23.3 Å². The number of ether oxygens (including phenoxy) is 2. The summed E-state index contributed by atoms with van der Waals surface area (Å²) in [5, 5.41) is 18.9. The van der Waals surface area contributed by atoms with Gasteiger partial charge in [-0.3, -0.25) is 4.79 Å². The van der Waals surface area contributed by atoms with Crippen LogP contribution in [0.1, 0.15) is 26.2 Å². The molecule has 0 radical (unpaired) electrons. The summed E-state index contributed by atoms with van der Waals surface area (Å²) < 4.78 is 11.0. The Balaban J connectivity index is 2.20. The molecule has 2 fully saturated rings. The van der Waals surface area contributed by atoms with Crippen molar-refractivity contribution in [1.29, 1.82) is 0 Å². The molecule has 5 heteroatoms. The molecule has 1 spiro atoms. The molecule has 1 heterocycles. The van der Waals surface area contributed by atoms with E-state index in [-0.39, 0.29) is 6.42 Å². The monoisotopic (exact) mass is 216 g/mol.